The number of rotatable bonds is 5. The maximum Gasteiger partial charge on any atom is 0.133 e. The molecule has 146 valence electrons. The average Bonchev–Trinajstić information content (AvgIpc) is 3.10. The lowest BCUT2D eigenvalue weighted by atomic mass is 10.0. The maximum atomic E-state index is 14.6. The van der Waals surface area contributed by atoms with Gasteiger partial charge in [0, 0.05) is 68.8 Å². The SMILES string of the molecule is C=C(CN1CCN(C)CC1)Nc1cc2cc(-c3cnn(C)c3)cc(F)c2cn1. The molecule has 0 aliphatic carbocycles. The average molecular weight is 380 g/mol. The standard InChI is InChI=1S/C21H25FN6/c1-15(13-28-6-4-26(2)5-7-28)25-21-10-17-8-16(18-11-24-27(3)14-18)9-20(22)19(17)12-23-21/h8-12,14H,1,4-7,13H2,2-3H3,(H,23,25). The molecule has 1 aliphatic rings. The lowest BCUT2D eigenvalue weighted by Crippen LogP contribution is -2.45. The van der Waals surface area contributed by atoms with Crippen LogP contribution in [0.15, 0.2) is 49.1 Å². The molecule has 1 fully saturated rings. The van der Waals surface area contributed by atoms with E-state index in [1.165, 1.54) is 6.07 Å². The smallest absolute Gasteiger partial charge is 0.133 e. The summed E-state index contributed by atoms with van der Waals surface area (Å²) in [5, 5.41) is 8.74. The third kappa shape index (κ3) is 4.05. The van der Waals surface area contributed by atoms with Crippen molar-refractivity contribution in [3.05, 3.63) is 54.9 Å². The molecule has 0 atom stereocenters. The molecule has 3 aromatic rings. The van der Waals surface area contributed by atoms with Crippen LogP contribution < -0.4 is 5.32 Å². The number of pyridine rings is 1. The Morgan fingerprint density at radius 3 is 2.61 bits per heavy atom. The van der Waals surface area contributed by atoms with Crippen LogP contribution in [0.5, 0.6) is 0 Å². The normalized spacial score (nSPS) is 15.8. The molecule has 0 spiro atoms. The molecular formula is C21H25FN6. The number of anilines is 1. The zero-order chi connectivity index (χ0) is 19.7. The first-order chi connectivity index (χ1) is 13.5. The first-order valence-corrected chi connectivity index (χ1v) is 9.42. The summed E-state index contributed by atoms with van der Waals surface area (Å²) in [7, 11) is 3.99. The van der Waals surface area contributed by atoms with Crippen LogP contribution in [0.3, 0.4) is 0 Å². The lowest BCUT2D eigenvalue weighted by Gasteiger charge is -2.32. The summed E-state index contributed by atoms with van der Waals surface area (Å²) in [6.07, 6.45) is 5.18. The Labute approximate surface area is 164 Å². The first-order valence-electron chi connectivity index (χ1n) is 9.42. The number of nitrogens with one attached hydrogen (secondary N) is 1. The minimum Gasteiger partial charge on any atom is -0.343 e. The summed E-state index contributed by atoms with van der Waals surface area (Å²) in [4.78, 5) is 9.06. The number of hydrogen-bond donors (Lipinski definition) is 1. The zero-order valence-corrected chi connectivity index (χ0v) is 16.3. The third-order valence-corrected chi connectivity index (χ3v) is 5.14. The van der Waals surface area contributed by atoms with Crippen molar-refractivity contribution >= 4 is 16.6 Å². The second-order valence-electron chi connectivity index (χ2n) is 7.46. The second kappa shape index (κ2) is 7.69. The van der Waals surface area contributed by atoms with Gasteiger partial charge in [0.1, 0.15) is 11.6 Å². The number of fused-ring (bicyclic) bond motifs is 1. The van der Waals surface area contributed by atoms with Gasteiger partial charge in [-0.2, -0.15) is 5.10 Å². The van der Waals surface area contributed by atoms with Crippen LogP contribution in [0.25, 0.3) is 21.9 Å². The molecule has 28 heavy (non-hydrogen) atoms. The Kier molecular flexibility index (Phi) is 5.11. The van der Waals surface area contributed by atoms with Crippen LogP contribution in [-0.2, 0) is 7.05 Å². The van der Waals surface area contributed by atoms with E-state index in [-0.39, 0.29) is 5.82 Å². The van der Waals surface area contributed by atoms with Gasteiger partial charge in [-0.1, -0.05) is 6.58 Å². The Morgan fingerprint density at radius 2 is 1.89 bits per heavy atom. The van der Waals surface area contributed by atoms with Gasteiger partial charge in [0.2, 0.25) is 0 Å². The van der Waals surface area contributed by atoms with Crippen LogP contribution >= 0.6 is 0 Å². The van der Waals surface area contributed by atoms with E-state index < -0.39 is 0 Å². The van der Waals surface area contributed by atoms with Gasteiger partial charge in [-0.3, -0.25) is 9.58 Å². The van der Waals surface area contributed by atoms with E-state index in [0.29, 0.717) is 11.2 Å². The van der Waals surface area contributed by atoms with Crippen LogP contribution in [0, 0.1) is 5.82 Å². The molecule has 0 saturated carbocycles. The third-order valence-electron chi connectivity index (χ3n) is 5.14. The summed E-state index contributed by atoms with van der Waals surface area (Å²) >= 11 is 0. The van der Waals surface area contributed by atoms with E-state index in [4.69, 9.17) is 0 Å². The Balaban J connectivity index is 1.52. The molecule has 1 aliphatic heterocycles. The zero-order valence-electron chi connectivity index (χ0n) is 16.3. The van der Waals surface area contributed by atoms with Crippen LogP contribution in [0.2, 0.25) is 0 Å². The fourth-order valence-corrected chi connectivity index (χ4v) is 3.52. The number of benzene rings is 1. The molecule has 0 unspecified atom stereocenters. The topological polar surface area (TPSA) is 49.2 Å². The number of aromatic nitrogens is 3. The second-order valence-corrected chi connectivity index (χ2v) is 7.46. The number of nitrogens with zero attached hydrogens (tertiary/aromatic N) is 5. The van der Waals surface area contributed by atoms with Gasteiger partial charge in [-0.05, 0) is 36.2 Å². The number of aryl methyl sites for hydroxylation is 1. The van der Waals surface area contributed by atoms with Crippen LogP contribution in [-0.4, -0.2) is 64.3 Å². The predicted molar refractivity (Wildman–Crippen MR) is 111 cm³/mol. The largest absolute Gasteiger partial charge is 0.343 e. The minimum atomic E-state index is -0.285. The van der Waals surface area contributed by atoms with E-state index in [1.54, 1.807) is 17.1 Å². The number of hydrogen-bond acceptors (Lipinski definition) is 5. The highest BCUT2D eigenvalue weighted by molar-refractivity contribution is 5.89. The van der Waals surface area contributed by atoms with E-state index in [0.717, 1.165) is 54.9 Å². The van der Waals surface area contributed by atoms with Crippen molar-refractivity contribution in [2.24, 2.45) is 7.05 Å². The van der Waals surface area contributed by atoms with Gasteiger partial charge in [-0.15, -0.1) is 0 Å². The molecule has 1 aromatic carbocycles. The monoisotopic (exact) mass is 380 g/mol. The maximum absolute atomic E-state index is 14.6. The van der Waals surface area contributed by atoms with Crippen LogP contribution in [0.4, 0.5) is 10.2 Å². The number of piperazine rings is 1. The molecule has 3 heterocycles. The van der Waals surface area contributed by atoms with Crippen molar-refractivity contribution in [1.82, 2.24) is 24.6 Å². The molecule has 7 heteroatoms. The molecule has 1 N–H and O–H groups in total. The van der Waals surface area contributed by atoms with Gasteiger partial charge < -0.3 is 10.2 Å². The quantitative estimate of drug-likeness (QED) is 0.738. The highest BCUT2D eigenvalue weighted by atomic mass is 19.1. The van der Waals surface area contributed by atoms with Crippen molar-refractivity contribution in [2.45, 2.75) is 0 Å². The van der Waals surface area contributed by atoms with Crippen molar-refractivity contribution in [3.8, 4) is 11.1 Å². The molecule has 6 nitrogen and oxygen atoms in total. The van der Waals surface area contributed by atoms with E-state index in [2.05, 4.69) is 38.8 Å². The number of likely N-dealkylation sites (N-methyl/N-ethyl adjacent to an activating group) is 1. The molecule has 4 rings (SSSR count). The Morgan fingerprint density at radius 1 is 1.11 bits per heavy atom. The molecule has 1 saturated heterocycles. The Bertz CT molecular complexity index is 1000. The summed E-state index contributed by atoms with van der Waals surface area (Å²) in [5.74, 6) is 0.390. The van der Waals surface area contributed by atoms with Crippen molar-refractivity contribution in [3.63, 3.8) is 0 Å². The van der Waals surface area contributed by atoms with Gasteiger partial charge >= 0.3 is 0 Å². The van der Waals surface area contributed by atoms with E-state index in [1.807, 2.05) is 25.4 Å². The molecule has 0 bridgehead atoms. The highest BCUT2D eigenvalue weighted by Gasteiger charge is 2.15. The first kappa shape index (κ1) is 18.6. The van der Waals surface area contributed by atoms with E-state index in [9.17, 15) is 4.39 Å². The van der Waals surface area contributed by atoms with Gasteiger partial charge in [0.15, 0.2) is 0 Å². The summed E-state index contributed by atoms with van der Waals surface area (Å²) < 4.78 is 16.3. The molecule has 2 aromatic heterocycles. The summed E-state index contributed by atoms with van der Waals surface area (Å²) in [5.41, 5.74) is 2.57. The van der Waals surface area contributed by atoms with Gasteiger partial charge in [-0.25, -0.2) is 9.37 Å². The van der Waals surface area contributed by atoms with Crippen molar-refractivity contribution in [1.29, 1.82) is 0 Å². The summed E-state index contributed by atoms with van der Waals surface area (Å²) in [6.45, 7) is 9.11. The predicted octanol–water partition coefficient (Wildman–Crippen LogP) is 2.95. The fraction of sp³-hybridized carbons (Fsp3) is 0.333. The fourth-order valence-electron chi connectivity index (χ4n) is 3.52. The molecule has 0 radical (unpaired) electrons. The number of halogens is 1. The highest BCUT2D eigenvalue weighted by Crippen LogP contribution is 2.28. The summed E-state index contributed by atoms with van der Waals surface area (Å²) in [6, 6.07) is 5.36. The van der Waals surface area contributed by atoms with Crippen molar-refractivity contribution in [2.75, 3.05) is 45.1 Å². The van der Waals surface area contributed by atoms with Crippen molar-refractivity contribution < 1.29 is 4.39 Å². The Hall–Kier alpha value is -2.77. The minimum absolute atomic E-state index is 0.285. The van der Waals surface area contributed by atoms with Crippen LogP contribution in [0.1, 0.15) is 0 Å². The van der Waals surface area contributed by atoms with Gasteiger partial charge in [0.05, 0.1) is 6.20 Å². The van der Waals surface area contributed by atoms with Gasteiger partial charge in [0.25, 0.3) is 0 Å². The van der Waals surface area contributed by atoms with E-state index >= 15 is 0 Å². The molecular weight excluding hydrogens is 355 g/mol. The lowest BCUT2D eigenvalue weighted by molar-refractivity contribution is 0.164. The molecule has 0 amide bonds.